The summed E-state index contributed by atoms with van der Waals surface area (Å²) in [6.45, 7) is 0.774. The number of carboxylic acid groups (broad SMARTS) is 2. The van der Waals surface area contributed by atoms with Gasteiger partial charge in [-0.25, -0.2) is 4.79 Å². The minimum atomic E-state index is -1.60. The van der Waals surface area contributed by atoms with Gasteiger partial charge in [-0.1, -0.05) is 0 Å². The molecule has 0 spiro atoms. The molecular formula is C17H29N7O8S. The third-order valence-corrected chi connectivity index (χ3v) is 4.26. The van der Waals surface area contributed by atoms with Gasteiger partial charge in [-0.2, -0.15) is 12.6 Å². The first kappa shape index (κ1) is 29.4. The van der Waals surface area contributed by atoms with E-state index in [0.29, 0.717) is 6.42 Å². The average Bonchev–Trinajstić information content (AvgIpc) is 2.70. The molecular weight excluding hydrogens is 462 g/mol. The van der Waals surface area contributed by atoms with Gasteiger partial charge in [0, 0.05) is 19.2 Å². The zero-order valence-corrected chi connectivity index (χ0v) is 18.8. The molecule has 0 aromatic heterocycles. The second-order valence-corrected chi connectivity index (χ2v) is 7.08. The Morgan fingerprint density at radius 1 is 0.939 bits per heavy atom. The van der Waals surface area contributed by atoms with Gasteiger partial charge in [0.05, 0.1) is 13.0 Å². The molecule has 0 fully saturated rings. The van der Waals surface area contributed by atoms with Crippen molar-refractivity contribution in [3.63, 3.8) is 0 Å². The maximum absolute atomic E-state index is 12.3. The van der Waals surface area contributed by atoms with E-state index in [1.54, 1.807) is 0 Å². The summed E-state index contributed by atoms with van der Waals surface area (Å²) in [5.41, 5.74) is 10.4. The van der Waals surface area contributed by atoms with Crippen molar-refractivity contribution in [1.82, 2.24) is 21.3 Å². The fourth-order valence-corrected chi connectivity index (χ4v) is 2.64. The van der Waals surface area contributed by atoms with Gasteiger partial charge < -0.3 is 42.9 Å². The van der Waals surface area contributed by atoms with Gasteiger partial charge >= 0.3 is 11.9 Å². The predicted octanol–water partition coefficient (Wildman–Crippen LogP) is -3.88. The van der Waals surface area contributed by atoms with Gasteiger partial charge in [0.2, 0.25) is 23.6 Å². The van der Waals surface area contributed by atoms with E-state index >= 15 is 0 Å². The van der Waals surface area contributed by atoms with Crippen molar-refractivity contribution in [1.29, 1.82) is 0 Å². The van der Waals surface area contributed by atoms with Gasteiger partial charge in [0.1, 0.15) is 18.1 Å². The quantitative estimate of drug-likeness (QED) is 0.0466. The maximum atomic E-state index is 12.3. The summed E-state index contributed by atoms with van der Waals surface area (Å²) >= 11 is 3.78. The highest BCUT2D eigenvalue weighted by atomic mass is 32.1. The number of carboxylic acids is 2. The van der Waals surface area contributed by atoms with Gasteiger partial charge in [-0.15, -0.1) is 0 Å². The monoisotopic (exact) mass is 491 g/mol. The number of nitrogens with two attached hydrogens (primary N) is 2. The fourth-order valence-electron chi connectivity index (χ4n) is 2.40. The number of rotatable bonds is 15. The molecule has 33 heavy (non-hydrogen) atoms. The summed E-state index contributed by atoms with van der Waals surface area (Å²) in [4.78, 5) is 73.8. The number of thiol groups is 1. The molecule has 0 aliphatic rings. The van der Waals surface area contributed by atoms with Crippen LogP contribution in [-0.2, 0) is 28.8 Å². The first-order chi connectivity index (χ1) is 15.4. The molecule has 3 atom stereocenters. The predicted molar refractivity (Wildman–Crippen MR) is 118 cm³/mol. The van der Waals surface area contributed by atoms with Gasteiger partial charge in [0.15, 0.2) is 5.96 Å². The van der Waals surface area contributed by atoms with Crippen LogP contribution in [0.1, 0.15) is 26.2 Å². The van der Waals surface area contributed by atoms with Crippen LogP contribution in [0.4, 0.5) is 0 Å². The molecule has 4 amide bonds. The lowest BCUT2D eigenvalue weighted by atomic mass is 10.1. The van der Waals surface area contributed by atoms with E-state index < -0.39 is 66.7 Å². The normalized spacial score (nSPS) is 12.9. The minimum Gasteiger partial charge on any atom is -0.481 e. The van der Waals surface area contributed by atoms with E-state index in [2.05, 4.69) is 38.9 Å². The molecule has 0 unspecified atom stereocenters. The number of hydrogen-bond donors (Lipinski definition) is 9. The molecule has 16 heteroatoms. The standard InChI is InChI=1S/C17H29N7O8S/c1-8(25)22-9(3-2-4-20-17(18)19)14(29)21-6-12(26)23-10(5-13(27)28)15(30)24-11(7-33)16(31)32/h9-11,33H,2-7H2,1H3,(H,21,29)(H,22,25)(H,23,26)(H,24,30)(H,27,28)(H,31,32)(H4,18,19,20)/t9-,10-,11-/m0/s1. The topological polar surface area (TPSA) is 255 Å². The van der Waals surface area contributed by atoms with Crippen LogP contribution in [0.15, 0.2) is 4.99 Å². The highest BCUT2D eigenvalue weighted by molar-refractivity contribution is 7.80. The van der Waals surface area contributed by atoms with Crippen molar-refractivity contribution < 1.29 is 39.0 Å². The summed E-state index contributed by atoms with van der Waals surface area (Å²) in [6, 6.07) is -3.99. The van der Waals surface area contributed by atoms with Crippen LogP contribution < -0.4 is 32.7 Å². The number of hydrogen-bond acceptors (Lipinski definition) is 8. The minimum absolute atomic E-state index is 0.129. The first-order valence-corrected chi connectivity index (χ1v) is 10.3. The van der Waals surface area contributed by atoms with E-state index in [1.807, 2.05) is 0 Å². The van der Waals surface area contributed by atoms with E-state index in [1.165, 1.54) is 6.92 Å². The molecule has 0 aliphatic heterocycles. The molecule has 0 heterocycles. The molecule has 0 bridgehead atoms. The Kier molecular flexibility index (Phi) is 13.6. The van der Waals surface area contributed by atoms with Crippen LogP contribution in [0.25, 0.3) is 0 Å². The molecule has 0 rings (SSSR count). The lowest BCUT2D eigenvalue weighted by Crippen LogP contribution is -2.55. The third-order valence-electron chi connectivity index (χ3n) is 3.89. The summed E-state index contributed by atoms with van der Waals surface area (Å²) in [6.07, 6.45) is -0.322. The number of carbonyl (C=O) groups is 6. The molecule has 186 valence electrons. The van der Waals surface area contributed by atoms with Crippen LogP contribution in [0.3, 0.4) is 0 Å². The third kappa shape index (κ3) is 13.5. The SMILES string of the molecule is CC(=O)N[C@@H](CCCN=C(N)N)C(=O)NCC(=O)N[C@@H](CC(=O)O)C(=O)N[C@@H](CS)C(=O)O. The summed E-state index contributed by atoms with van der Waals surface area (Å²) in [7, 11) is 0. The number of carbonyl (C=O) groups excluding carboxylic acids is 4. The highest BCUT2D eigenvalue weighted by Crippen LogP contribution is 2.00. The van der Waals surface area contributed by atoms with E-state index in [4.69, 9.17) is 21.7 Å². The van der Waals surface area contributed by atoms with Gasteiger partial charge in [0.25, 0.3) is 0 Å². The Bertz CT molecular complexity index is 772. The highest BCUT2D eigenvalue weighted by Gasteiger charge is 2.28. The summed E-state index contributed by atoms with van der Waals surface area (Å²) < 4.78 is 0. The molecule has 0 radical (unpaired) electrons. The number of nitrogens with zero attached hydrogens (tertiary/aromatic N) is 1. The molecule has 0 aromatic carbocycles. The van der Waals surface area contributed by atoms with Crippen molar-refractivity contribution in [3.05, 3.63) is 0 Å². The van der Waals surface area contributed by atoms with Crippen LogP contribution in [-0.4, -0.2) is 88.7 Å². The van der Waals surface area contributed by atoms with Crippen LogP contribution in [0, 0.1) is 0 Å². The summed E-state index contributed by atoms with van der Waals surface area (Å²) in [5, 5.41) is 26.8. The lowest BCUT2D eigenvalue weighted by molar-refractivity contribution is -0.143. The molecule has 0 saturated heterocycles. The zero-order chi connectivity index (χ0) is 25.6. The maximum Gasteiger partial charge on any atom is 0.327 e. The number of aliphatic imine (C=N–C) groups is 1. The van der Waals surface area contributed by atoms with Gasteiger partial charge in [-0.05, 0) is 12.8 Å². The van der Waals surface area contributed by atoms with Crippen molar-refractivity contribution in [3.8, 4) is 0 Å². The lowest BCUT2D eigenvalue weighted by Gasteiger charge is -2.20. The van der Waals surface area contributed by atoms with Crippen molar-refractivity contribution in [2.24, 2.45) is 16.5 Å². The number of aliphatic carboxylic acids is 2. The largest absolute Gasteiger partial charge is 0.481 e. The van der Waals surface area contributed by atoms with E-state index in [9.17, 15) is 28.8 Å². The van der Waals surface area contributed by atoms with Crippen molar-refractivity contribution in [2.75, 3.05) is 18.8 Å². The van der Waals surface area contributed by atoms with Crippen LogP contribution in [0.5, 0.6) is 0 Å². The van der Waals surface area contributed by atoms with E-state index in [-0.39, 0.29) is 24.7 Å². The van der Waals surface area contributed by atoms with Gasteiger partial charge in [-0.3, -0.25) is 29.0 Å². The fraction of sp³-hybridized carbons (Fsp3) is 0.588. The molecule has 0 aromatic rings. The summed E-state index contributed by atoms with van der Waals surface area (Å²) in [5.74, 6) is -6.37. The van der Waals surface area contributed by atoms with Crippen LogP contribution >= 0.6 is 12.6 Å². The Labute approximate surface area is 194 Å². The first-order valence-electron chi connectivity index (χ1n) is 9.62. The van der Waals surface area contributed by atoms with Crippen molar-refractivity contribution in [2.45, 2.75) is 44.3 Å². The second-order valence-electron chi connectivity index (χ2n) is 6.72. The van der Waals surface area contributed by atoms with Crippen molar-refractivity contribution >= 4 is 54.2 Å². The average molecular weight is 492 g/mol. The smallest absolute Gasteiger partial charge is 0.327 e. The molecule has 10 N–H and O–H groups in total. The number of guanidine groups is 1. The molecule has 15 nitrogen and oxygen atoms in total. The Morgan fingerprint density at radius 3 is 2.06 bits per heavy atom. The molecule has 0 saturated carbocycles. The zero-order valence-electron chi connectivity index (χ0n) is 17.9. The van der Waals surface area contributed by atoms with Crippen LogP contribution in [0.2, 0.25) is 0 Å². The number of amides is 4. The Balaban J connectivity index is 4.97. The van der Waals surface area contributed by atoms with E-state index in [0.717, 1.165) is 0 Å². The number of nitrogens with one attached hydrogen (secondary N) is 4. The molecule has 0 aliphatic carbocycles. The second kappa shape index (κ2) is 15.3. The Hall–Kier alpha value is -3.56. The Morgan fingerprint density at radius 2 is 1.58 bits per heavy atom.